The first-order valence-corrected chi connectivity index (χ1v) is 4.58. The van der Waals surface area contributed by atoms with Crippen LogP contribution in [0.2, 0.25) is 0 Å². The average molecular weight is 184 g/mol. The summed E-state index contributed by atoms with van der Waals surface area (Å²) in [4.78, 5) is 0. The van der Waals surface area contributed by atoms with Gasteiger partial charge in [-0.2, -0.15) is 0 Å². The minimum atomic E-state index is -1.67. The van der Waals surface area contributed by atoms with Crippen molar-refractivity contribution in [2.45, 2.75) is 46.3 Å². The Labute approximate surface area is 80.6 Å². The van der Waals surface area contributed by atoms with E-state index in [0.717, 1.165) is 18.4 Å². The maximum Gasteiger partial charge on any atom is 0.179 e. The third kappa shape index (κ3) is 9.31. The number of hydrogen-bond acceptors (Lipinski definition) is 2. The van der Waals surface area contributed by atoms with Crippen LogP contribution in [0, 0.1) is 0 Å². The topological polar surface area (TPSA) is 40.5 Å². The normalized spacial score (nSPS) is 12.9. The van der Waals surface area contributed by atoms with Crippen LogP contribution in [0.5, 0.6) is 0 Å². The van der Waals surface area contributed by atoms with Gasteiger partial charge in [-0.1, -0.05) is 17.2 Å². The van der Waals surface area contributed by atoms with E-state index in [-0.39, 0.29) is 0 Å². The van der Waals surface area contributed by atoms with E-state index >= 15 is 0 Å². The summed E-state index contributed by atoms with van der Waals surface area (Å²) in [5, 5.41) is 18.1. The molecule has 0 unspecified atom stereocenters. The van der Waals surface area contributed by atoms with Gasteiger partial charge in [0.25, 0.3) is 0 Å². The minimum Gasteiger partial charge on any atom is -0.363 e. The fourth-order valence-electron chi connectivity index (χ4n) is 1.13. The first-order chi connectivity index (χ1) is 5.81. The maximum atomic E-state index is 9.06. The summed E-state index contributed by atoms with van der Waals surface area (Å²) in [7, 11) is 0. The molecule has 0 atom stereocenters. The van der Waals surface area contributed by atoms with Crippen LogP contribution >= 0.6 is 0 Å². The number of rotatable bonds is 4. The standard InChI is InChI=1S/C11H20O2/c1-9(2)6-5-7-10(3)8-11(4,12)13/h6,8,12-13H,5,7H2,1-4H3. The van der Waals surface area contributed by atoms with E-state index < -0.39 is 5.79 Å². The Kier molecular flexibility index (Phi) is 4.96. The van der Waals surface area contributed by atoms with Gasteiger partial charge in [0.15, 0.2) is 5.79 Å². The van der Waals surface area contributed by atoms with Gasteiger partial charge in [0.1, 0.15) is 0 Å². The van der Waals surface area contributed by atoms with Gasteiger partial charge in [0.05, 0.1) is 0 Å². The lowest BCUT2D eigenvalue weighted by Gasteiger charge is -2.11. The Morgan fingerprint density at radius 3 is 2.15 bits per heavy atom. The molecule has 2 N–H and O–H groups in total. The second kappa shape index (κ2) is 5.20. The van der Waals surface area contributed by atoms with Crippen LogP contribution < -0.4 is 0 Å². The molecule has 76 valence electrons. The van der Waals surface area contributed by atoms with Crippen molar-refractivity contribution in [1.82, 2.24) is 0 Å². The summed E-state index contributed by atoms with van der Waals surface area (Å²) in [6.45, 7) is 7.38. The van der Waals surface area contributed by atoms with Crippen LogP contribution in [0.3, 0.4) is 0 Å². The molecule has 0 saturated carbocycles. The third-order valence-corrected chi connectivity index (χ3v) is 1.61. The van der Waals surface area contributed by atoms with Gasteiger partial charge in [-0.25, -0.2) is 0 Å². The van der Waals surface area contributed by atoms with Crippen molar-refractivity contribution in [3.8, 4) is 0 Å². The Balaban J connectivity index is 3.95. The highest BCUT2D eigenvalue weighted by atomic mass is 16.5. The molecule has 0 aromatic carbocycles. The molecule has 2 nitrogen and oxygen atoms in total. The molecule has 13 heavy (non-hydrogen) atoms. The number of allylic oxidation sites excluding steroid dienone is 3. The summed E-state index contributed by atoms with van der Waals surface area (Å²) in [6, 6.07) is 0. The molecular formula is C11H20O2. The monoisotopic (exact) mass is 184 g/mol. The molecule has 0 radical (unpaired) electrons. The molecule has 0 spiro atoms. The summed E-state index contributed by atoms with van der Waals surface area (Å²) in [5.41, 5.74) is 2.30. The summed E-state index contributed by atoms with van der Waals surface area (Å²) < 4.78 is 0. The molecule has 0 aliphatic heterocycles. The molecule has 0 bridgehead atoms. The molecule has 0 heterocycles. The van der Waals surface area contributed by atoms with Crippen LogP contribution in [-0.4, -0.2) is 16.0 Å². The highest BCUT2D eigenvalue weighted by Crippen LogP contribution is 2.11. The number of hydrogen-bond donors (Lipinski definition) is 2. The van der Waals surface area contributed by atoms with Crippen LogP contribution in [0.1, 0.15) is 40.5 Å². The summed E-state index contributed by atoms with van der Waals surface area (Å²) in [5.74, 6) is -1.67. The molecule has 0 saturated heterocycles. The van der Waals surface area contributed by atoms with Gasteiger partial charge in [0, 0.05) is 0 Å². The highest BCUT2D eigenvalue weighted by Gasteiger charge is 2.09. The highest BCUT2D eigenvalue weighted by molar-refractivity contribution is 5.05. The van der Waals surface area contributed by atoms with Gasteiger partial charge in [-0.3, -0.25) is 0 Å². The lowest BCUT2D eigenvalue weighted by molar-refractivity contribution is -0.101. The van der Waals surface area contributed by atoms with E-state index in [1.54, 1.807) is 0 Å². The van der Waals surface area contributed by atoms with Crippen molar-refractivity contribution < 1.29 is 10.2 Å². The van der Waals surface area contributed by atoms with E-state index in [0.29, 0.717) is 0 Å². The molecule has 0 aromatic rings. The van der Waals surface area contributed by atoms with E-state index in [9.17, 15) is 0 Å². The smallest absolute Gasteiger partial charge is 0.179 e. The largest absolute Gasteiger partial charge is 0.363 e. The van der Waals surface area contributed by atoms with Crippen molar-refractivity contribution in [2.75, 3.05) is 0 Å². The van der Waals surface area contributed by atoms with Crippen molar-refractivity contribution in [1.29, 1.82) is 0 Å². The van der Waals surface area contributed by atoms with Crippen LogP contribution in [0.4, 0.5) is 0 Å². The molecule has 0 aliphatic carbocycles. The molecule has 2 heteroatoms. The fraction of sp³-hybridized carbons (Fsp3) is 0.636. The third-order valence-electron chi connectivity index (χ3n) is 1.61. The van der Waals surface area contributed by atoms with Crippen LogP contribution in [0.25, 0.3) is 0 Å². The SMILES string of the molecule is CC(C)=CCCC(C)=CC(C)(O)O. The second-order valence-electron chi connectivity index (χ2n) is 3.90. The maximum absolute atomic E-state index is 9.06. The molecule has 0 amide bonds. The molecule has 0 fully saturated rings. The lowest BCUT2D eigenvalue weighted by atomic mass is 10.1. The zero-order valence-electron chi connectivity index (χ0n) is 8.96. The van der Waals surface area contributed by atoms with Crippen molar-refractivity contribution in [3.05, 3.63) is 23.3 Å². The Bertz CT molecular complexity index is 203. The zero-order chi connectivity index (χ0) is 10.5. The Morgan fingerprint density at radius 2 is 1.77 bits per heavy atom. The molecule has 0 rings (SSSR count). The van der Waals surface area contributed by atoms with Crippen molar-refractivity contribution >= 4 is 0 Å². The minimum absolute atomic E-state index is 0.877. The fourth-order valence-corrected chi connectivity index (χ4v) is 1.13. The molecule has 0 aliphatic rings. The predicted octanol–water partition coefficient (Wildman–Crippen LogP) is 2.38. The molecule has 0 aromatic heterocycles. The number of aliphatic hydroxyl groups is 2. The van der Waals surface area contributed by atoms with E-state index in [2.05, 4.69) is 19.9 Å². The average Bonchev–Trinajstić information content (AvgIpc) is 1.81. The predicted molar refractivity (Wildman–Crippen MR) is 55.3 cm³/mol. The van der Waals surface area contributed by atoms with Crippen LogP contribution in [-0.2, 0) is 0 Å². The van der Waals surface area contributed by atoms with Gasteiger partial charge in [-0.05, 0) is 46.6 Å². The van der Waals surface area contributed by atoms with Gasteiger partial charge in [-0.15, -0.1) is 0 Å². The van der Waals surface area contributed by atoms with Crippen molar-refractivity contribution in [2.24, 2.45) is 0 Å². The second-order valence-corrected chi connectivity index (χ2v) is 3.90. The summed E-state index contributed by atoms with van der Waals surface area (Å²) >= 11 is 0. The van der Waals surface area contributed by atoms with Gasteiger partial charge >= 0.3 is 0 Å². The first-order valence-electron chi connectivity index (χ1n) is 4.58. The van der Waals surface area contributed by atoms with Gasteiger partial charge in [0.2, 0.25) is 0 Å². The lowest BCUT2D eigenvalue weighted by Crippen LogP contribution is -2.19. The van der Waals surface area contributed by atoms with Crippen molar-refractivity contribution in [3.63, 3.8) is 0 Å². The first kappa shape index (κ1) is 12.4. The van der Waals surface area contributed by atoms with E-state index in [4.69, 9.17) is 10.2 Å². The van der Waals surface area contributed by atoms with E-state index in [1.165, 1.54) is 18.6 Å². The molecular weight excluding hydrogens is 164 g/mol. The van der Waals surface area contributed by atoms with Crippen LogP contribution in [0.15, 0.2) is 23.3 Å². The van der Waals surface area contributed by atoms with Gasteiger partial charge < -0.3 is 10.2 Å². The summed E-state index contributed by atoms with van der Waals surface area (Å²) in [6.07, 6.45) is 5.46. The quantitative estimate of drug-likeness (QED) is 0.520. The Morgan fingerprint density at radius 1 is 1.23 bits per heavy atom. The zero-order valence-corrected chi connectivity index (χ0v) is 8.96. The van der Waals surface area contributed by atoms with E-state index in [1.807, 2.05) is 6.92 Å². The Hall–Kier alpha value is -0.600.